The number of hydrogen-bond acceptors (Lipinski definition) is 7. The van der Waals surface area contributed by atoms with Crippen LogP contribution in [-0.2, 0) is 4.79 Å². The molecular weight excluding hydrogens is 368 g/mol. The number of benzene rings is 1. The van der Waals surface area contributed by atoms with Crippen molar-refractivity contribution in [3.05, 3.63) is 52.0 Å². The van der Waals surface area contributed by atoms with Crippen LogP contribution < -0.4 is 10.2 Å². The highest BCUT2D eigenvalue weighted by Gasteiger charge is 2.30. The fourth-order valence-electron chi connectivity index (χ4n) is 3.19. The van der Waals surface area contributed by atoms with E-state index in [0.717, 1.165) is 5.69 Å². The van der Waals surface area contributed by atoms with Gasteiger partial charge in [0.1, 0.15) is 6.20 Å². The largest absolute Gasteiger partial charge is 0.373 e. The van der Waals surface area contributed by atoms with E-state index in [0.29, 0.717) is 43.5 Å². The maximum atomic E-state index is 12.2. The maximum Gasteiger partial charge on any atom is 0.373 e. The molecule has 3 aromatic rings. The first-order valence-corrected chi connectivity index (χ1v) is 9.42. The number of imidazole rings is 1. The topological polar surface area (TPSA) is 96.0 Å². The summed E-state index contributed by atoms with van der Waals surface area (Å²) in [6, 6.07) is 9.33. The molecule has 1 saturated heterocycles. The molecule has 2 aromatic heterocycles. The van der Waals surface area contributed by atoms with Gasteiger partial charge in [0.25, 0.3) is 4.96 Å². The predicted molar refractivity (Wildman–Crippen MR) is 103 cm³/mol. The number of anilines is 2. The lowest BCUT2D eigenvalue weighted by Gasteiger charge is -2.34. The van der Waals surface area contributed by atoms with Crippen molar-refractivity contribution in [3.63, 3.8) is 0 Å². The first-order valence-electron chi connectivity index (χ1n) is 8.54. The SMILES string of the molecule is O=C(CN1CCN(c2nc3sccn3c2[N+](=O)[O-])CC1)Nc1ccccc1. The van der Waals surface area contributed by atoms with Gasteiger partial charge in [0.05, 0.1) is 6.54 Å². The lowest BCUT2D eigenvalue weighted by atomic mass is 10.3. The van der Waals surface area contributed by atoms with Gasteiger partial charge in [-0.1, -0.05) is 29.5 Å². The Morgan fingerprint density at radius 1 is 1.22 bits per heavy atom. The Morgan fingerprint density at radius 2 is 1.96 bits per heavy atom. The van der Waals surface area contributed by atoms with E-state index in [2.05, 4.69) is 10.3 Å². The summed E-state index contributed by atoms with van der Waals surface area (Å²) in [5.41, 5.74) is 0.773. The molecule has 0 spiro atoms. The molecule has 0 radical (unpaired) electrons. The molecule has 140 valence electrons. The molecular formula is C17H18N6O3S. The van der Waals surface area contributed by atoms with Crippen molar-refractivity contribution in [2.75, 3.05) is 42.9 Å². The maximum absolute atomic E-state index is 12.2. The molecule has 1 amide bonds. The molecule has 0 aliphatic carbocycles. The zero-order valence-corrected chi connectivity index (χ0v) is 15.3. The van der Waals surface area contributed by atoms with Crippen LogP contribution in [0.2, 0.25) is 0 Å². The van der Waals surface area contributed by atoms with E-state index in [1.807, 2.05) is 40.1 Å². The molecule has 0 atom stereocenters. The predicted octanol–water partition coefficient (Wildman–Crippen LogP) is 2.06. The number of rotatable bonds is 5. The van der Waals surface area contributed by atoms with E-state index in [1.54, 1.807) is 11.6 Å². The van der Waals surface area contributed by atoms with Crippen LogP contribution in [0.1, 0.15) is 0 Å². The second-order valence-corrected chi connectivity index (χ2v) is 7.12. The van der Waals surface area contributed by atoms with Crippen LogP contribution in [0.25, 0.3) is 4.96 Å². The van der Waals surface area contributed by atoms with Crippen LogP contribution in [0.15, 0.2) is 41.9 Å². The van der Waals surface area contributed by atoms with E-state index in [1.165, 1.54) is 15.7 Å². The van der Waals surface area contributed by atoms with Crippen LogP contribution in [0.5, 0.6) is 0 Å². The number of para-hydroxylation sites is 1. The summed E-state index contributed by atoms with van der Waals surface area (Å²) in [6.07, 6.45) is 1.67. The van der Waals surface area contributed by atoms with Gasteiger partial charge in [0, 0.05) is 37.2 Å². The Bertz CT molecular complexity index is 962. The first kappa shape index (κ1) is 17.4. The van der Waals surface area contributed by atoms with Gasteiger partial charge in [-0.25, -0.2) is 0 Å². The molecule has 4 rings (SSSR count). The lowest BCUT2D eigenvalue weighted by molar-refractivity contribution is -0.389. The van der Waals surface area contributed by atoms with Gasteiger partial charge in [-0.3, -0.25) is 9.69 Å². The number of nitrogens with zero attached hydrogens (tertiary/aromatic N) is 5. The van der Waals surface area contributed by atoms with Crippen molar-refractivity contribution in [2.45, 2.75) is 0 Å². The minimum Gasteiger partial charge on any atom is -0.358 e. The van der Waals surface area contributed by atoms with Crippen molar-refractivity contribution >= 4 is 39.5 Å². The molecule has 10 heteroatoms. The van der Waals surface area contributed by atoms with Gasteiger partial charge >= 0.3 is 5.82 Å². The average Bonchev–Trinajstić information content (AvgIpc) is 3.23. The van der Waals surface area contributed by atoms with E-state index in [-0.39, 0.29) is 16.6 Å². The summed E-state index contributed by atoms with van der Waals surface area (Å²) >= 11 is 1.37. The lowest BCUT2D eigenvalue weighted by Crippen LogP contribution is -2.49. The molecule has 27 heavy (non-hydrogen) atoms. The highest BCUT2D eigenvalue weighted by atomic mass is 32.1. The Hall–Kier alpha value is -2.98. The first-order chi connectivity index (χ1) is 13.1. The summed E-state index contributed by atoms with van der Waals surface area (Å²) in [5.74, 6) is 0.338. The fourth-order valence-corrected chi connectivity index (χ4v) is 3.89. The molecule has 0 saturated carbocycles. The third-order valence-electron chi connectivity index (χ3n) is 4.49. The zero-order chi connectivity index (χ0) is 18.8. The number of fused-ring (bicyclic) bond motifs is 1. The summed E-state index contributed by atoms with van der Waals surface area (Å²) in [7, 11) is 0. The number of thiazole rings is 1. The van der Waals surface area contributed by atoms with Gasteiger partial charge in [0.2, 0.25) is 11.7 Å². The minimum absolute atomic E-state index is 0.00141. The summed E-state index contributed by atoms with van der Waals surface area (Å²) in [5, 5.41) is 16.1. The number of nitrogens with one attached hydrogen (secondary N) is 1. The van der Waals surface area contributed by atoms with Crippen molar-refractivity contribution in [3.8, 4) is 0 Å². The Balaban J connectivity index is 1.38. The molecule has 1 aliphatic rings. The van der Waals surface area contributed by atoms with E-state index in [9.17, 15) is 14.9 Å². The molecule has 1 aromatic carbocycles. The molecule has 1 N–H and O–H groups in total. The quantitative estimate of drug-likeness (QED) is 0.533. The van der Waals surface area contributed by atoms with Crippen LogP contribution in [0.3, 0.4) is 0 Å². The van der Waals surface area contributed by atoms with Gasteiger partial charge in [-0.05, 0) is 17.1 Å². The van der Waals surface area contributed by atoms with Crippen molar-refractivity contribution in [1.82, 2.24) is 14.3 Å². The molecule has 3 heterocycles. The van der Waals surface area contributed by atoms with Crippen LogP contribution >= 0.6 is 11.3 Å². The van der Waals surface area contributed by atoms with E-state index < -0.39 is 0 Å². The standard InChI is InChI=1S/C17H18N6O3S/c24-14(18-13-4-2-1-3-5-13)12-20-6-8-21(9-7-20)15-16(23(25)26)22-10-11-27-17(22)19-15/h1-5,10-11H,6-9,12H2,(H,18,24). The van der Waals surface area contributed by atoms with Gasteiger partial charge in [-0.2, -0.15) is 9.38 Å². The highest BCUT2D eigenvalue weighted by molar-refractivity contribution is 7.15. The molecule has 1 fully saturated rings. The van der Waals surface area contributed by atoms with Gasteiger partial charge in [-0.15, -0.1) is 0 Å². The average molecular weight is 386 g/mol. The Kier molecular flexibility index (Phi) is 4.73. The van der Waals surface area contributed by atoms with E-state index >= 15 is 0 Å². The molecule has 1 aliphatic heterocycles. The number of carbonyl (C=O) groups is 1. The molecule has 9 nitrogen and oxygen atoms in total. The third kappa shape index (κ3) is 3.62. The van der Waals surface area contributed by atoms with Crippen LogP contribution in [-0.4, -0.2) is 57.8 Å². The second-order valence-electron chi connectivity index (χ2n) is 6.25. The second kappa shape index (κ2) is 7.33. The van der Waals surface area contributed by atoms with Crippen molar-refractivity contribution < 1.29 is 9.72 Å². The number of aromatic nitrogens is 2. The number of carbonyl (C=O) groups excluding carboxylic acids is 1. The third-order valence-corrected chi connectivity index (χ3v) is 5.25. The Labute approximate surface area is 159 Å². The number of hydrogen-bond donors (Lipinski definition) is 1. The molecule has 0 bridgehead atoms. The molecule has 0 unspecified atom stereocenters. The number of nitro groups is 1. The van der Waals surface area contributed by atoms with Crippen molar-refractivity contribution in [1.29, 1.82) is 0 Å². The highest BCUT2D eigenvalue weighted by Crippen LogP contribution is 2.31. The smallest absolute Gasteiger partial charge is 0.358 e. The minimum atomic E-state index is -0.387. The van der Waals surface area contributed by atoms with Crippen LogP contribution in [0, 0.1) is 10.1 Å². The van der Waals surface area contributed by atoms with E-state index in [4.69, 9.17) is 0 Å². The van der Waals surface area contributed by atoms with Gasteiger partial charge in [0.15, 0.2) is 0 Å². The number of piperazine rings is 1. The van der Waals surface area contributed by atoms with Gasteiger partial charge < -0.3 is 20.3 Å². The Morgan fingerprint density at radius 3 is 2.67 bits per heavy atom. The summed E-state index contributed by atoms with van der Waals surface area (Å²) < 4.78 is 1.51. The van der Waals surface area contributed by atoms with Crippen molar-refractivity contribution in [2.24, 2.45) is 0 Å². The summed E-state index contributed by atoms with van der Waals surface area (Å²) in [6.45, 7) is 2.76. The summed E-state index contributed by atoms with van der Waals surface area (Å²) in [4.78, 5) is 32.3. The fraction of sp³-hybridized carbons (Fsp3) is 0.294. The normalized spacial score (nSPS) is 15.2. The zero-order valence-electron chi connectivity index (χ0n) is 14.4. The number of amides is 1. The monoisotopic (exact) mass is 386 g/mol. The van der Waals surface area contributed by atoms with Crippen LogP contribution in [0.4, 0.5) is 17.3 Å².